The van der Waals surface area contributed by atoms with Crippen LogP contribution in [0.5, 0.6) is 5.75 Å². The highest BCUT2D eigenvalue weighted by atomic mass is 32.1. The minimum Gasteiger partial charge on any atom is -0.493 e. The topological polar surface area (TPSA) is 9.23 Å². The van der Waals surface area contributed by atoms with Crippen molar-refractivity contribution in [2.75, 3.05) is 6.61 Å². The van der Waals surface area contributed by atoms with E-state index in [0.29, 0.717) is 0 Å². The van der Waals surface area contributed by atoms with Crippen molar-refractivity contribution in [2.45, 2.75) is 19.8 Å². The molecule has 0 unspecified atom stereocenters. The molecule has 2 aromatic rings. The molecule has 82 valence electrons. The molecule has 0 radical (unpaired) electrons. The smallest absolute Gasteiger partial charge is 0.122 e. The van der Waals surface area contributed by atoms with Crippen LogP contribution in [0.15, 0.2) is 30.3 Å². The molecule has 1 aromatic heterocycles. The molecule has 16 heavy (non-hydrogen) atoms. The zero-order valence-electron chi connectivity index (χ0n) is 9.32. The maximum Gasteiger partial charge on any atom is 0.122 e. The first-order valence-corrected chi connectivity index (χ1v) is 6.43. The van der Waals surface area contributed by atoms with Gasteiger partial charge in [0.15, 0.2) is 0 Å². The van der Waals surface area contributed by atoms with Gasteiger partial charge in [0.1, 0.15) is 5.75 Å². The Balaban J connectivity index is 1.85. The van der Waals surface area contributed by atoms with Gasteiger partial charge in [-0.15, -0.1) is 11.3 Å². The summed E-state index contributed by atoms with van der Waals surface area (Å²) in [6.45, 7) is 3.00. The molecule has 0 saturated carbocycles. The van der Waals surface area contributed by atoms with Crippen molar-refractivity contribution in [1.29, 1.82) is 0 Å². The third-order valence-electron chi connectivity index (χ3n) is 2.93. The Morgan fingerprint density at radius 2 is 2.19 bits per heavy atom. The average Bonchev–Trinajstić information content (AvgIpc) is 2.87. The van der Waals surface area contributed by atoms with Crippen molar-refractivity contribution in [3.63, 3.8) is 0 Å². The lowest BCUT2D eigenvalue weighted by Gasteiger charge is -2.03. The second-order valence-electron chi connectivity index (χ2n) is 4.23. The lowest BCUT2D eigenvalue weighted by molar-refractivity contribution is 0.356. The molecule has 1 aromatic carbocycles. The average molecular weight is 230 g/mol. The van der Waals surface area contributed by atoms with Gasteiger partial charge in [-0.25, -0.2) is 0 Å². The van der Waals surface area contributed by atoms with Gasteiger partial charge in [-0.05, 0) is 36.2 Å². The summed E-state index contributed by atoms with van der Waals surface area (Å²) in [6.07, 6.45) is 2.09. The summed E-state index contributed by atoms with van der Waals surface area (Å²) in [6, 6.07) is 11.0. The summed E-state index contributed by atoms with van der Waals surface area (Å²) < 4.78 is 5.59. The molecule has 0 amide bonds. The molecule has 1 aliphatic heterocycles. The lowest BCUT2D eigenvalue weighted by atomic mass is 10.1. The molecule has 0 N–H and O–H groups in total. The predicted molar refractivity (Wildman–Crippen MR) is 67.5 cm³/mol. The summed E-state index contributed by atoms with van der Waals surface area (Å²) >= 11 is 1.88. The fourth-order valence-corrected chi connectivity index (χ4v) is 3.03. The van der Waals surface area contributed by atoms with Crippen molar-refractivity contribution in [3.8, 4) is 5.75 Å². The third-order valence-corrected chi connectivity index (χ3v) is 3.94. The van der Waals surface area contributed by atoms with Crippen molar-refractivity contribution in [3.05, 3.63) is 51.2 Å². The zero-order valence-corrected chi connectivity index (χ0v) is 10.1. The number of benzene rings is 1. The van der Waals surface area contributed by atoms with Crippen LogP contribution in [0.25, 0.3) is 0 Å². The van der Waals surface area contributed by atoms with Gasteiger partial charge in [0, 0.05) is 22.6 Å². The summed E-state index contributed by atoms with van der Waals surface area (Å²) in [4.78, 5) is 2.81. The molecule has 0 bridgehead atoms. The fourth-order valence-electron chi connectivity index (χ4n) is 2.10. The van der Waals surface area contributed by atoms with Crippen LogP contribution in [0.1, 0.15) is 20.9 Å². The first kappa shape index (κ1) is 9.91. The molecular weight excluding hydrogens is 216 g/mol. The molecule has 0 saturated heterocycles. The Kier molecular flexibility index (Phi) is 2.44. The summed E-state index contributed by atoms with van der Waals surface area (Å²) in [7, 11) is 0. The van der Waals surface area contributed by atoms with Gasteiger partial charge in [0.2, 0.25) is 0 Å². The summed E-state index contributed by atoms with van der Waals surface area (Å²) in [5.74, 6) is 1.09. The highest BCUT2D eigenvalue weighted by Gasteiger charge is 2.12. The summed E-state index contributed by atoms with van der Waals surface area (Å²) in [5.41, 5.74) is 2.70. The second-order valence-corrected chi connectivity index (χ2v) is 5.60. The van der Waals surface area contributed by atoms with E-state index >= 15 is 0 Å². The van der Waals surface area contributed by atoms with E-state index in [9.17, 15) is 0 Å². The maximum atomic E-state index is 5.59. The number of fused-ring (bicyclic) bond motifs is 1. The SMILES string of the molecule is Cc1ccc(Cc2ccc3c(c2)OCC3)s1. The van der Waals surface area contributed by atoms with Gasteiger partial charge in [0.05, 0.1) is 6.61 Å². The van der Waals surface area contributed by atoms with Crippen LogP contribution in [-0.2, 0) is 12.8 Å². The monoisotopic (exact) mass is 230 g/mol. The molecule has 0 aliphatic carbocycles. The number of ether oxygens (including phenoxy) is 1. The van der Waals surface area contributed by atoms with Gasteiger partial charge in [-0.2, -0.15) is 0 Å². The van der Waals surface area contributed by atoms with Crippen LogP contribution in [0.4, 0.5) is 0 Å². The normalized spacial score (nSPS) is 13.6. The number of hydrogen-bond acceptors (Lipinski definition) is 2. The van der Waals surface area contributed by atoms with Crippen molar-refractivity contribution in [2.24, 2.45) is 0 Å². The Morgan fingerprint density at radius 1 is 1.25 bits per heavy atom. The van der Waals surface area contributed by atoms with Gasteiger partial charge < -0.3 is 4.74 Å². The molecular formula is C14H14OS. The molecule has 0 fully saturated rings. The Hall–Kier alpha value is -1.28. The van der Waals surface area contributed by atoms with Crippen LogP contribution in [-0.4, -0.2) is 6.61 Å². The minimum atomic E-state index is 0.844. The van der Waals surface area contributed by atoms with Crippen LogP contribution >= 0.6 is 11.3 Å². The molecule has 3 rings (SSSR count). The lowest BCUT2D eigenvalue weighted by Crippen LogP contribution is -1.87. The Bertz CT molecular complexity index is 513. The molecule has 1 nitrogen and oxygen atoms in total. The molecule has 2 heterocycles. The highest BCUT2D eigenvalue weighted by molar-refractivity contribution is 7.11. The van der Waals surface area contributed by atoms with Gasteiger partial charge in [-0.3, -0.25) is 0 Å². The fraction of sp³-hybridized carbons (Fsp3) is 0.286. The molecule has 0 atom stereocenters. The van der Waals surface area contributed by atoms with E-state index in [1.807, 2.05) is 11.3 Å². The largest absolute Gasteiger partial charge is 0.493 e. The Morgan fingerprint density at radius 3 is 3.00 bits per heavy atom. The van der Waals surface area contributed by atoms with Crippen molar-refractivity contribution in [1.82, 2.24) is 0 Å². The number of thiophene rings is 1. The number of rotatable bonds is 2. The van der Waals surface area contributed by atoms with Crippen molar-refractivity contribution >= 4 is 11.3 Å². The van der Waals surface area contributed by atoms with Gasteiger partial charge in [-0.1, -0.05) is 12.1 Å². The van der Waals surface area contributed by atoms with Crippen molar-refractivity contribution < 1.29 is 4.74 Å². The highest BCUT2D eigenvalue weighted by Crippen LogP contribution is 2.28. The third kappa shape index (κ3) is 1.85. The zero-order chi connectivity index (χ0) is 11.0. The molecule has 1 aliphatic rings. The van der Waals surface area contributed by atoms with E-state index in [2.05, 4.69) is 37.3 Å². The molecule has 0 spiro atoms. The van der Waals surface area contributed by atoms with Gasteiger partial charge in [0.25, 0.3) is 0 Å². The van der Waals surface area contributed by atoms with E-state index in [0.717, 1.165) is 25.2 Å². The standard InChI is InChI=1S/C14H14OS/c1-10-2-5-13(16-10)8-11-3-4-12-6-7-15-14(12)9-11/h2-5,9H,6-8H2,1H3. The van der Waals surface area contributed by atoms with E-state index in [1.165, 1.54) is 20.9 Å². The molecule has 2 heteroatoms. The first-order chi connectivity index (χ1) is 7.81. The second kappa shape index (κ2) is 3.95. The van der Waals surface area contributed by atoms with E-state index in [4.69, 9.17) is 4.74 Å². The predicted octanol–water partition coefficient (Wildman–Crippen LogP) is 3.58. The number of hydrogen-bond donors (Lipinski definition) is 0. The van der Waals surface area contributed by atoms with Crippen LogP contribution in [0.2, 0.25) is 0 Å². The van der Waals surface area contributed by atoms with Crippen LogP contribution < -0.4 is 4.74 Å². The van der Waals surface area contributed by atoms with Crippen LogP contribution in [0, 0.1) is 6.92 Å². The maximum absolute atomic E-state index is 5.59. The Labute approximate surface area is 99.7 Å². The van der Waals surface area contributed by atoms with Crippen LogP contribution in [0.3, 0.4) is 0 Å². The number of aryl methyl sites for hydroxylation is 1. The quantitative estimate of drug-likeness (QED) is 0.766. The van der Waals surface area contributed by atoms with E-state index in [-0.39, 0.29) is 0 Å². The van der Waals surface area contributed by atoms with E-state index in [1.54, 1.807) is 0 Å². The first-order valence-electron chi connectivity index (χ1n) is 5.61. The minimum absolute atomic E-state index is 0.844. The summed E-state index contributed by atoms with van der Waals surface area (Å²) in [5, 5.41) is 0. The van der Waals surface area contributed by atoms with E-state index < -0.39 is 0 Å². The van der Waals surface area contributed by atoms with Gasteiger partial charge >= 0.3 is 0 Å².